The van der Waals surface area contributed by atoms with Gasteiger partial charge in [-0.05, 0) is 20.8 Å². The molecule has 0 saturated carbocycles. The van der Waals surface area contributed by atoms with E-state index in [2.05, 4.69) is 4.74 Å². The minimum atomic E-state index is -1.78. The minimum Gasteiger partial charge on any atom is -0.479 e. The molecule has 134 valence electrons. The van der Waals surface area contributed by atoms with Crippen LogP contribution in [-0.4, -0.2) is 30.0 Å². The van der Waals surface area contributed by atoms with Gasteiger partial charge in [-0.15, -0.1) is 0 Å². The van der Waals surface area contributed by atoms with Gasteiger partial charge in [0.2, 0.25) is 11.6 Å². The summed E-state index contributed by atoms with van der Waals surface area (Å²) >= 11 is 0. The van der Waals surface area contributed by atoms with Crippen LogP contribution in [0.25, 0.3) is 0 Å². The number of Topliss-reactive ketones (excluding diaryl/α,β-unsaturated/α-hetero) is 1. The average Bonchev–Trinajstić information content (AvgIpc) is 2.42. The van der Waals surface area contributed by atoms with E-state index in [1.165, 1.54) is 0 Å². The van der Waals surface area contributed by atoms with Gasteiger partial charge in [0.25, 0.3) is 0 Å². The lowest BCUT2D eigenvalue weighted by atomic mass is 10.1. The maximum absolute atomic E-state index is 13.4. The Morgan fingerprint density at radius 3 is 2.08 bits per heavy atom. The van der Waals surface area contributed by atoms with Crippen molar-refractivity contribution in [2.24, 2.45) is 5.73 Å². The number of hydrogen-bond donors (Lipinski definition) is 1. The highest BCUT2D eigenvalue weighted by Gasteiger charge is 2.25. The fourth-order valence-corrected chi connectivity index (χ4v) is 1.60. The van der Waals surface area contributed by atoms with Crippen LogP contribution in [-0.2, 0) is 14.3 Å². The number of esters is 1. The second-order valence-corrected chi connectivity index (χ2v) is 5.95. The van der Waals surface area contributed by atoms with Crippen molar-refractivity contribution in [3.8, 4) is 5.75 Å². The molecular formula is C15H17F4NO4. The highest BCUT2D eigenvalue weighted by Crippen LogP contribution is 2.26. The van der Waals surface area contributed by atoms with Gasteiger partial charge in [-0.2, -0.15) is 8.78 Å². The van der Waals surface area contributed by atoms with Crippen LogP contribution in [0.1, 0.15) is 27.2 Å². The first-order chi connectivity index (χ1) is 10.9. The summed E-state index contributed by atoms with van der Waals surface area (Å²) in [6.45, 7) is 3.88. The Bertz CT molecular complexity index is 617. The zero-order chi connectivity index (χ0) is 18.7. The highest BCUT2D eigenvalue weighted by atomic mass is 19.2. The molecule has 1 aromatic rings. The molecule has 0 amide bonds. The smallest absolute Gasteiger partial charge is 0.308 e. The summed E-state index contributed by atoms with van der Waals surface area (Å²) < 4.78 is 62.2. The van der Waals surface area contributed by atoms with E-state index >= 15 is 0 Å². The zero-order valence-electron chi connectivity index (χ0n) is 13.3. The molecule has 0 bridgehead atoms. The van der Waals surface area contributed by atoms with E-state index in [4.69, 9.17) is 10.5 Å². The van der Waals surface area contributed by atoms with Crippen molar-refractivity contribution in [1.82, 2.24) is 0 Å². The van der Waals surface area contributed by atoms with E-state index in [-0.39, 0.29) is 6.07 Å². The Balaban J connectivity index is 2.68. The Labute approximate surface area is 135 Å². The van der Waals surface area contributed by atoms with E-state index in [0.717, 1.165) is 0 Å². The number of hydrogen-bond acceptors (Lipinski definition) is 5. The number of rotatable bonds is 6. The maximum Gasteiger partial charge on any atom is 0.308 e. The van der Waals surface area contributed by atoms with Gasteiger partial charge in [-0.3, -0.25) is 9.59 Å². The van der Waals surface area contributed by atoms with Crippen molar-refractivity contribution in [3.63, 3.8) is 0 Å². The van der Waals surface area contributed by atoms with Crippen LogP contribution in [0.5, 0.6) is 5.75 Å². The fourth-order valence-electron chi connectivity index (χ4n) is 1.60. The molecule has 5 nitrogen and oxygen atoms in total. The Hall–Kier alpha value is -2.16. The molecular weight excluding hydrogens is 334 g/mol. The van der Waals surface area contributed by atoms with Gasteiger partial charge < -0.3 is 15.2 Å². The molecule has 1 aromatic carbocycles. The Kier molecular flexibility index (Phi) is 6.30. The maximum atomic E-state index is 13.4. The predicted molar refractivity (Wildman–Crippen MR) is 75.2 cm³/mol. The molecule has 0 aliphatic carbocycles. The Morgan fingerprint density at radius 1 is 1.12 bits per heavy atom. The summed E-state index contributed by atoms with van der Waals surface area (Å²) in [4.78, 5) is 23.3. The first-order valence-electron chi connectivity index (χ1n) is 6.88. The van der Waals surface area contributed by atoms with Crippen LogP contribution in [0.3, 0.4) is 0 Å². The summed E-state index contributed by atoms with van der Waals surface area (Å²) in [6.07, 6.45) is -0.484. The molecule has 1 atom stereocenters. The van der Waals surface area contributed by atoms with E-state index in [9.17, 15) is 27.2 Å². The van der Waals surface area contributed by atoms with Crippen LogP contribution in [0.4, 0.5) is 17.6 Å². The number of benzene rings is 1. The van der Waals surface area contributed by atoms with Gasteiger partial charge in [0.05, 0.1) is 12.5 Å². The van der Waals surface area contributed by atoms with Crippen molar-refractivity contribution in [3.05, 3.63) is 29.3 Å². The van der Waals surface area contributed by atoms with Crippen molar-refractivity contribution in [2.75, 3.05) is 6.61 Å². The molecule has 0 aromatic heterocycles. The molecule has 0 heterocycles. The quantitative estimate of drug-likeness (QED) is 0.483. The first-order valence-corrected chi connectivity index (χ1v) is 6.88. The number of ether oxygens (including phenoxy) is 2. The Morgan fingerprint density at radius 2 is 1.62 bits per heavy atom. The third kappa shape index (κ3) is 5.48. The predicted octanol–water partition coefficient (Wildman–Crippen LogP) is 2.25. The number of halogens is 4. The molecule has 0 aliphatic heterocycles. The molecule has 0 saturated heterocycles. The highest BCUT2D eigenvalue weighted by molar-refractivity contribution is 5.89. The van der Waals surface area contributed by atoms with Crippen molar-refractivity contribution < 1.29 is 36.6 Å². The van der Waals surface area contributed by atoms with Crippen LogP contribution < -0.4 is 10.5 Å². The lowest BCUT2D eigenvalue weighted by molar-refractivity contribution is -0.156. The molecule has 2 N–H and O–H groups in total. The van der Waals surface area contributed by atoms with Gasteiger partial charge in [0.1, 0.15) is 12.2 Å². The van der Waals surface area contributed by atoms with Gasteiger partial charge >= 0.3 is 5.97 Å². The van der Waals surface area contributed by atoms with E-state index in [1.54, 1.807) is 20.8 Å². The second kappa shape index (κ2) is 7.61. The van der Waals surface area contributed by atoms with Gasteiger partial charge in [-0.25, -0.2) is 8.78 Å². The van der Waals surface area contributed by atoms with Crippen LogP contribution in [0, 0.1) is 23.3 Å². The zero-order valence-corrected chi connectivity index (χ0v) is 13.3. The molecule has 9 heteroatoms. The summed E-state index contributed by atoms with van der Waals surface area (Å²) in [5.41, 5.74) is 4.69. The molecule has 0 spiro atoms. The fraction of sp³-hybridized carbons (Fsp3) is 0.467. The number of carbonyl (C=O) groups excluding carboxylic acids is 2. The normalized spacial score (nSPS) is 12.7. The third-order valence-corrected chi connectivity index (χ3v) is 2.65. The number of carbonyl (C=O) groups is 2. The monoisotopic (exact) mass is 351 g/mol. The first kappa shape index (κ1) is 19.9. The number of nitrogens with two attached hydrogens (primary N) is 1. The summed E-state index contributed by atoms with van der Waals surface area (Å²) in [5, 5.41) is 0. The molecule has 1 unspecified atom stereocenters. The average molecular weight is 351 g/mol. The molecule has 1 rings (SSSR count). The molecule has 0 radical (unpaired) electrons. The summed E-state index contributed by atoms with van der Waals surface area (Å²) in [6, 6.07) is -1.35. The van der Waals surface area contributed by atoms with Crippen LogP contribution >= 0.6 is 0 Å². The van der Waals surface area contributed by atoms with Gasteiger partial charge in [0.15, 0.2) is 23.2 Å². The van der Waals surface area contributed by atoms with Crippen LogP contribution in [0.2, 0.25) is 0 Å². The second-order valence-electron chi connectivity index (χ2n) is 5.95. The largest absolute Gasteiger partial charge is 0.479 e. The minimum absolute atomic E-state index is 0.00753. The molecule has 0 fully saturated rings. The standard InChI is InChI=1S/C15H17F4NO4/c1-15(2,3)24-11(22)5-9(20)10(21)6-23-14-12(18)7(16)4-8(17)13(14)19/h4,9H,5-6,20H2,1-3H3. The van der Waals surface area contributed by atoms with E-state index in [0.29, 0.717) is 0 Å². The van der Waals surface area contributed by atoms with Crippen molar-refractivity contribution in [2.45, 2.75) is 38.8 Å². The third-order valence-electron chi connectivity index (χ3n) is 2.65. The summed E-state index contributed by atoms with van der Waals surface area (Å²) in [7, 11) is 0. The topological polar surface area (TPSA) is 78.6 Å². The van der Waals surface area contributed by atoms with Gasteiger partial charge in [0, 0.05) is 6.07 Å². The van der Waals surface area contributed by atoms with Crippen molar-refractivity contribution >= 4 is 11.8 Å². The van der Waals surface area contributed by atoms with Crippen LogP contribution in [0.15, 0.2) is 6.07 Å². The summed E-state index contributed by atoms with van der Waals surface area (Å²) in [5.74, 6) is -9.92. The molecule has 24 heavy (non-hydrogen) atoms. The number of ketones is 1. The van der Waals surface area contributed by atoms with Crippen molar-refractivity contribution in [1.29, 1.82) is 0 Å². The van der Waals surface area contributed by atoms with E-state index < -0.39 is 65.4 Å². The van der Waals surface area contributed by atoms with E-state index in [1.807, 2.05) is 0 Å². The molecule has 0 aliphatic rings. The lowest BCUT2D eigenvalue weighted by Crippen LogP contribution is -2.38. The van der Waals surface area contributed by atoms with Gasteiger partial charge in [-0.1, -0.05) is 0 Å². The SMILES string of the molecule is CC(C)(C)OC(=O)CC(N)C(=O)COc1c(F)c(F)cc(F)c1F. The lowest BCUT2D eigenvalue weighted by Gasteiger charge is -2.20.